The Balaban J connectivity index is 2.40. The number of benzene rings is 2. The first kappa shape index (κ1) is 11.5. The maximum Gasteiger partial charge on any atom is 0.0718 e. The molecule has 2 aromatic rings. The summed E-state index contributed by atoms with van der Waals surface area (Å²) in [5.74, 6) is 0. The van der Waals surface area contributed by atoms with E-state index in [4.69, 9.17) is 23.2 Å². The van der Waals surface area contributed by atoms with Crippen molar-refractivity contribution in [2.45, 2.75) is 0 Å². The minimum absolute atomic E-state index is 0.673. The van der Waals surface area contributed by atoms with Crippen LogP contribution in [-0.4, -0.2) is 0 Å². The third-order valence-corrected chi connectivity index (χ3v) is 3.13. The van der Waals surface area contributed by atoms with Crippen LogP contribution in [0.4, 0.5) is 0 Å². The summed E-state index contributed by atoms with van der Waals surface area (Å²) in [4.78, 5) is 8.87. The molecule has 88 valence electrons. The van der Waals surface area contributed by atoms with Crippen molar-refractivity contribution in [2.24, 2.45) is 9.98 Å². The topological polar surface area (TPSA) is 24.7 Å². The molecule has 0 fully saturated rings. The molecule has 0 saturated carbocycles. The minimum atomic E-state index is 0.673. The van der Waals surface area contributed by atoms with Gasteiger partial charge in [-0.3, -0.25) is 9.98 Å². The Morgan fingerprint density at radius 1 is 0.667 bits per heavy atom. The van der Waals surface area contributed by atoms with E-state index in [-0.39, 0.29) is 0 Å². The summed E-state index contributed by atoms with van der Waals surface area (Å²) in [6, 6.07) is 11.1. The Morgan fingerprint density at radius 2 is 1.11 bits per heavy atom. The second-order valence-corrected chi connectivity index (χ2v) is 4.80. The van der Waals surface area contributed by atoms with Crippen LogP contribution in [0.1, 0.15) is 0 Å². The number of nitrogens with zero attached hydrogens (tertiary/aromatic N) is 2. The Labute approximate surface area is 113 Å². The molecule has 1 aliphatic rings. The van der Waals surface area contributed by atoms with E-state index in [2.05, 4.69) is 9.98 Å². The summed E-state index contributed by atoms with van der Waals surface area (Å²) in [7, 11) is 0. The van der Waals surface area contributed by atoms with Crippen molar-refractivity contribution in [2.75, 3.05) is 0 Å². The lowest BCUT2D eigenvalue weighted by Crippen LogP contribution is -2.29. The van der Waals surface area contributed by atoms with E-state index in [0.717, 1.165) is 21.2 Å². The highest BCUT2D eigenvalue weighted by Crippen LogP contribution is 2.01. The standard InChI is InChI=1S/C14H8Cl2N2/c15-11-1-3-13-9(5-11)7-18-14-4-2-12(16)6-10(14)8-17-13/h1-8H. The number of halogens is 2. The lowest BCUT2D eigenvalue weighted by atomic mass is 10.2. The second kappa shape index (κ2) is 4.56. The Bertz CT molecular complexity index is 781. The predicted molar refractivity (Wildman–Crippen MR) is 73.4 cm³/mol. The fourth-order valence-electron chi connectivity index (χ4n) is 1.77. The van der Waals surface area contributed by atoms with Gasteiger partial charge in [0.15, 0.2) is 0 Å². The maximum atomic E-state index is 5.96. The van der Waals surface area contributed by atoms with E-state index in [1.54, 1.807) is 12.4 Å². The van der Waals surface area contributed by atoms with Gasteiger partial charge in [-0.15, -0.1) is 0 Å². The molecule has 0 unspecified atom stereocenters. The third-order valence-electron chi connectivity index (χ3n) is 2.66. The van der Waals surface area contributed by atoms with Crippen LogP contribution < -0.4 is 21.2 Å². The van der Waals surface area contributed by atoms with Gasteiger partial charge < -0.3 is 0 Å². The Kier molecular flexibility index (Phi) is 2.90. The number of hydrogen-bond acceptors (Lipinski definition) is 2. The van der Waals surface area contributed by atoms with E-state index < -0.39 is 0 Å². The van der Waals surface area contributed by atoms with E-state index in [1.165, 1.54) is 0 Å². The monoisotopic (exact) mass is 274 g/mol. The predicted octanol–water partition coefficient (Wildman–Crippen LogP) is 1.42. The van der Waals surface area contributed by atoms with Gasteiger partial charge in [-0.2, -0.15) is 0 Å². The van der Waals surface area contributed by atoms with Crippen molar-refractivity contribution in [3.05, 3.63) is 67.6 Å². The minimum Gasteiger partial charge on any atom is -0.255 e. The van der Waals surface area contributed by atoms with E-state index >= 15 is 0 Å². The molecule has 1 aliphatic heterocycles. The largest absolute Gasteiger partial charge is 0.255 e. The van der Waals surface area contributed by atoms with Crippen molar-refractivity contribution in [1.82, 2.24) is 0 Å². The van der Waals surface area contributed by atoms with Gasteiger partial charge in [-0.05, 0) is 36.4 Å². The maximum absolute atomic E-state index is 5.96. The normalized spacial score (nSPS) is 12.6. The van der Waals surface area contributed by atoms with Crippen molar-refractivity contribution in [3.63, 3.8) is 0 Å². The molecule has 0 aromatic heterocycles. The highest BCUT2D eigenvalue weighted by molar-refractivity contribution is 6.30. The van der Waals surface area contributed by atoms with Crippen molar-refractivity contribution in [1.29, 1.82) is 0 Å². The molecule has 3 rings (SSSR count). The fraction of sp³-hybridized carbons (Fsp3) is 0. The highest BCUT2D eigenvalue weighted by atomic mass is 35.5. The highest BCUT2D eigenvalue weighted by Gasteiger charge is 1.94. The van der Waals surface area contributed by atoms with Gasteiger partial charge in [-0.25, -0.2) is 0 Å². The molecule has 0 radical (unpaired) electrons. The van der Waals surface area contributed by atoms with Gasteiger partial charge in [0.2, 0.25) is 0 Å². The molecule has 0 aliphatic carbocycles. The molecule has 1 heterocycles. The van der Waals surface area contributed by atoms with E-state index in [0.29, 0.717) is 10.0 Å². The van der Waals surface area contributed by atoms with Gasteiger partial charge in [0, 0.05) is 32.9 Å². The van der Waals surface area contributed by atoms with Crippen molar-refractivity contribution >= 4 is 35.6 Å². The molecule has 4 heteroatoms. The molecular weight excluding hydrogens is 267 g/mol. The zero-order chi connectivity index (χ0) is 12.5. The summed E-state index contributed by atoms with van der Waals surface area (Å²) in [5, 5.41) is 4.83. The molecule has 0 bridgehead atoms. The quantitative estimate of drug-likeness (QED) is 0.695. The molecule has 2 aromatic carbocycles. The van der Waals surface area contributed by atoms with Gasteiger partial charge >= 0.3 is 0 Å². The van der Waals surface area contributed by atoms with Crippen LogP contribution in [0.3, 0.4) is 0 Å². The Hall–Kier alpha value is -1.64. The van der Waals surface area contributed by atoms with Crippen LogP contribution >= 0.6 is 23.2 Å². The van der Waals surface area contributed by atoms with Crippen molar-refractivity contribution < 1.29 is 0 Å². The molecule has 0 amide bonds. The van der Waals surface area contributed by atoms with Gasteiger partial charge in [-0.1, -0.05) is 23.2 Å². The van der Waals surface area contributed by atoms with E-state index in [1.807, 2.05) is 36.4 Å². The lowest BCUT2D eigenvalue weighted by molar-refractivity contribution is 1.27. The number of rotatable bonds is 0. The molecule has 0 saturated heterocycles. The molecule has 0 atom stereocenters. The average Bonchev–Trinajstić information content (AvgIpc) is 2.34. The SMILES string of the molecule is Clc1ccc2c(c1)=CN=c1ccc(Cl)cc1=CN=2. The van der Waals surface area contributed by atoms with Crippen LogP contribution in [0.15, 0.2) is 46.4 Å². The first-order chi connectivity index (χ1) is 8.72. The smallest absolute Gasteiger partial charge is 0.0718 e. The number of hydrogen-bond donors (Lipinski definition) is 0. The second-order valence-electron chi connectivity index (χ2n) is 3.92. The van der Waals surface area contributed by atoms with Crippen LogP contribution in [0.25, 0.3) is 12.4 Å². The first-order valence-electron chi connectivity index (χ1n) is 5.39. The van der Waals surface area contributed by atoms with E-state index in [9.17, 15) is 0 Å². The number of fused-ring (bicyclic) bond motifs is 2. The van der Waals surface area contributed by atoms with Gasteiger partial charge in [0.1, 0.15) is 0 Å². The Morgan fingerprint density at radius 3 is 1.56 bits per heavy atom. The summed E-state index contributed by atoms with van der Waals surface area (Å²) >= 11 is 11.9. The molecule has 0 N–H and O–H groups in total. The summed E-state index contributed by atoms with van der Waals surface area (Å²) in [6.07, 6.45) is 3.54. The summed E-state index contributed by atoms with van der Waals surface area (Å²) < 4.78 is 0. The molecule has 0 spiro atoms. The molecule has 2 nitrogen and oxygen atoms in total. The zero-order valence-electron chi connectivity index (χ0n) is 9.27. The lowest BCUT2D eigenvalue weighted by Gasteiger charge is -1.95. The third kappa shape index (κ3) is 2.17. The zero-order valence-corrected chi connectivity index (χ0v) is 10.8. The summed E-state index contributed by atoms with van der Waals surface area (Å²) in [5.41, 5.74) is 0. The van der Waals surface area contributed by atoms with Crippen LogP contribution in [0.5, 0.6) is 0 Å². The van der Waals surface area contributed by atoms with Crippen LogP contribution in [-0.2, 0) is 0 Å². The molecular formula is C14H8Cl2N2. The first-order valence-corrected chi connectivity index (χ1v) is 6.15. The average molecular weight is 275 g/mol. The van der Waals surface area contributed by atoms with Gasteiger partial charge in [0.05, 0.1) is 10.7 Å². The van der Waals surface area contributed by atoms with Gasteiger partial charge in [0.25, 0.3) is 0 Å². The fourth-order valence-corrected chi connectivity index (χ4v) is 2.13. The van der Waals surface area contributed by atoms with Crippen LogP contribution in [0.2, 0.25) is 10.0 Å². The summed E-state index contributed by atoms with van der Waals surface area (Å²) in [6.45, 7) is 0. The van der Waals surface area contributed by atoms with Crippen molar-refractivity contribution in [3.8, 4) is 0 Å². The van der Waals surface area contributed by atoms with Crippen LogP contribution in [0, 0.1) is 0 Å². The molecule has 18 heavy (non-hydrogen) atoms.